The van der Waals surface area contributed by atoms with Crippen molar-refractivity contribution in [2.24, 2.45) is 11.8 Å². The highest BCUT2D eigenvalue weighted by Gasteiger charge is 2.43. The predicted molar refractivity (Wildman–Crippen MR) is 167 cm³/mol. The van der Waals surface area contributed by atoms with Gasteiger partial charge >= 0.3 is 0 Å². The molecule has 4 aromatic rings. The molecule has 7 rings (SSSR count). The van der Waals surface area contributed by atoms with Crippen molar-refractivity contribution in [1.29, 1.82) is 0 Å². The number of H-pyrrole nitrogens is 2. The van der Waals surface area contributed by atoms with Gasteiger partial charge < -0.3 is 19.8 Å². The summed E-state index contributed by atoms with van der Waals surface area (Å²) in [5, 5.41) is 0. The number of nitrogens with zero attached hydrogens (tertiary/aromatic N) is 4. The molecule has 1 saturated carbocycles. The maximum absolute atomic E-state index is 12.7. The van der Waals surface area contributed by atoms with Crippen LogP contribution in [0.2, 0.25) is 0 Å². The number of nitrogens with one attached hydrogen (secondary N) is 2. The lowest BCUT2D eigenvalue weighted by atomic mass is 10.0. The summed E-state index contributed by atoms with van der Waals surface area (Å²) in [6, 6.07) is 17.1. The summed E-state index contributed by atoms with van der Waals surface area (Å²) in [5.41, 5.74) is 6.38. The highest BCUT2D eigenvalue weighted by atomic mass is 16.2. The van der Waals surface area contributed by atoms with Gasteiger partial charge in [0.1, 0.15) is 11.6 Å². The number of aromatic nitrogens is 4. The summed E-state index contributed by atoms with van der Waals surface area (Å²) in [5.74, 6) is 3.57. The Morgan fingerprint density at radius 2 is 1.21 bits per heavy atom. The van der Waals surface area contributed by atoms with Crippen molar-refractivity contribution >= 4 is 11.8 Å². The van der Waals surface area contributed by atoms with Crippen LogP contribution in [0.25, 0.3) is 33.6 Å². The van der Waals surface area contributed by atoms with Crippen LogP contribution < -0.4 is 0 Å². The number of imidazole rings is 2. The van der Waals surface area contributed by atoms with E-state index in [1.807, 2.05) is 31.1 Å². The second kappa shape index (κ2) is 11.5. The Morgan fingerprint density at radius 1 is 0.698 bits per heavy atom. The van der Waals surface area contributed by atoms with Crippen molar-refractivity contribution in [3.8, 4) is 33.6 Å². The molecule has 4 heterocycles. The number of amides is 2. The summed E-state index contributed by atoms with van der Waals surface area (Å²) in [6.45, 7) is 5.54. The first kappa shape index (κ1) is 27.6. The molecule has 2 N–H and O–H groups in total. The molecule has 2 amide bonds. The third-order valence-electron chi connectivity index (χ3n) is 9.67. The molecule has 3 fully saturated rings. The molecule has 0 unspecified atom stereocenters. The number of benzene rings is 2. The number of aromatic amines is 2. The molecule has 8 nitrogen and oxygen atoms in total. The van der Waals surface area contributed by atoms with E-state index in [-0.39, 0.29) is 23.9 Å². The number of hydrogen-bond acceptors (Lipinski definition) is 4. The molecule has 43 heavy (non-hydrogen) atoms. The van der Waals surface area contributed by atoms with E-state index in [9.17, 15) is 9.59 Å². The molecule has 2 saturated heterocycles. The zero-order valence-corrected chi connectivity index (χ0v) is 25.1. The number of carbonyl (C=O) groups is 2. The Bertz CT molecular complexity index is 1600. The SMILES string of the molecule is CCC(=O)N1CCC[C@H]1c1ncc(-c2ccc(-c3ccc(-c4cnc([C@@H]5C[C@H](C6CC6)CN5C(=O)CC)[nH]4)cc3)cc2)[nH]1. The topological polar surface area (TPSA) is 98.0 Å². The average molecular weight is 577 g/mol. The number of rotatable bonds is 8. The van der Waals surface area contributed by atoms with Crippen LogP contribution in [0, 0.1) is 11.8 Å². The second-order valence-corrected chi connectivity index (χ2v) is 12.4. The van der Waals surface area contributed by atoms with Crippen molar-refractivity contribution < 1.29 is 9.59 Å². The van der Waals surface area contributed by atoms with Gasteiger partial charge in [-0.2, -0.15) is 0 Å². The molecule has 2 aliphatic heterocycles. The van der Waals surface area contributed by atoms with Crippen molar-refractivity contribution in [2.75, 3.05) is 13.1 Å². The molecule has 222 valence electrons. The zero-order chi connectivity index (χ0) is 29.5. The van der Waals surface area contributed by atoms with Gasteiger partial charge in [-0.25, -0.2) is 9.97 Å². The Labute approximate surface area is 252 Å². The van der Waals surface area contributed by atoms with Crippen molar-refractivity contribution in [1.82, 2.24) is 29.7 Å². The fraction of sp³-hybridized carbons (Fsp3) is 0.429. The standard InChI is InChI=1S/C35H40N6O2/c1-3-32(42)40-17-5-6-30(40)34-36-19-28(38-34)25-13-9-22(10-14-25)23-11-15-26(16-12-23)29-20-37-35(39-29)31-18-27(24-7-8-24)21-41(31)33(43)4-2/h9-16,19-20,24,27,30-31H,3-8,17-18,21H2,1-2H3,(H,36,38)(H,37,39)/t27-,30-,31-/m0/s1. The van der Waals surface area contributed by atoms with Crippen LogP contribution in [0.5, 0.6) is 0 Å². The number of hydrogen-bond donors (Lipinski definition) is 2. The van der Waals surface area contributed by atoms with Gasteiger partial charge in [-0.3, -0.25) is 9.59 Å². The normalized spacial score (nSPS) is 22.0. The lowest BCUT2D eigenvalue weighted by molar-refractivity contribution is -0.132. The second-order valence-electron chi connectivity index (χ2n) is 12.4. The Balaban J connectivity index is 1.04. The average Bonchev–Trinajstić information content (AvgIpc) is 3.50. The predicted octanol–water partition coefficient (Wildman–Crippen LogP) is 6.92. The van der Waals surface area contributed by atoms with E-state index >= 15 is 0 Å². The fourth-order valence-electron chi connectivity index (χ4n) is 7.06. The minimum absolute atomic E-state index is 0.0422. The third kappa shape index (κ3) is 5.39. The number of likely N-dealkylation sites (tertiary alicyclic amines) is 2. The minimum Gasteiger partial charge on any atom is -0.340 e. The Kier molecular flexibility index (Phi) is 7.37. The molecule has 1 aliphatic carbocycles. The van der Waals surface area contributed by atoms with Crippen LogP contribution in [0.3, 0.4) is 0 Å². The van der Waals surface area contributed by atoms with Crippen LogP contribution in [0.1, 0.15) is 82.5 Å². The van der Waals surface area contributed by atoms with E-state index in [0.717, 1.165) is 83.6 Å². The molecular formula is C35H40N6O2. The van der Waals surface area contributed by atoms with E-state index in [1.54, 1.807) is 0 Å². The summed E-state index contributed by atoms with van der Waals surface area (Å²) < 4.78 is 0. The van der Waals surface area contributed by atoms with Gasteiger partial charge in [-0.1, -0.05) is 62.4 Å². The fourth-order valence-corrected chi connectivity index (χ4v) is 7.06. The summed E-state index contributed by atoms with van der Waals surface area (Å²) in [6.07, 6.45) is 10.4. The number of carbonyl (C=O) groups excluding carboxylic acids is 2. The molecule has 2 aromatic heterocycles. The first-order chi connectivity index (χ1) is 21.0. The van der Waals surface area contributed by atoms with Gasteiger partial charge in [0.15, 0.2) is 0 Å². The maximum Gasteiger partial charge on any atom is 0.222 e. The van der Waals surface area contributed by atoms with Gasteiger partial charge in [0, 0.05) is 25.9 Å². The van der Waals surface area contributed by atoms with Crippen LogP contribution in [0.15, 0.2) is 60.9 Å². The molecular weight excluding hydrogens is 536 g/mol. The Hall–Kier alpha value is -4.20. The molecule has 2 aromatic carbocycles. The quantitative estimate of drug-likeness (QED) is 0.238. The Morgan fingerprint density at radius 3 is 1.74 bits per heavy atom. The molecule has 0 spiro atoms. The van der Waals surface area contributed by atoms with Gasteiger partial charge in [0.25, 0.3) is 0 Å². The van der Waals surface area contributed by atoms with Crippen LogP contribution in [-0.4, -0.2) is 54.6 Å². The van der Waals surface area contributed by atoms with Crippen LogP contribution >= 0.6 is 0 Å². The molecule has 8 heteroatoms. The molecule has 3 atom stereocenters. The summed E-state index contributed by atoms with van der Waals surface area (Å²) in [4.78, 5) is 45.5. The largest absolute Gasteiger partial charge is 0.340 e. The lowest BCUT2D eigenvalue weighted by Gasteiger charge is -2.22. The molecule has 0 bridgehead atoms. The summed E-state index contributed by atoms with van der Waals surface area (Å²) >= 11 is 0. The molecule has 0 radical (unpaired) electrons. The monoisotopic (exact) mass is 576 g/mol. The minimum atomic E-state index is 0.0422. The van der Waals surface area contributed by atoms with Gasteiger partial charge in [0.05, 0.1) is 35.9 Å². The van der Waals surface area contributed by atoms with Crippen LogP contribution in [0.4, 0.5) is 0 Å². The molecule has 3 aliphatic rings. The van der Waals surface area contributed by atoms with E-state index in [0.29, 0.717) is 18.8 Å². The first-order valence-electron chi connectivity index (χ1n) is 15.9. The lowest BCUT2D eigenvalue weighted by Crippen LogP contribution is -2.31. The maximum atomic E-state index is 12.7. The van der Waals surface area contributed by atoms with Crippen molar-refractivity contribution in [3.05, 3.63) is 72.6 Å². The van der Waals surface area contributed by atoms with E-state index in [4.69, 9.17) is 4.98 Å². The van der Waals surface area contributed by atoms with Crippen molar-refractivity contribution in [2.45, 2.75) is 70.9 Å². The smallest absolute Gasteiger partial charge is 0.222 e. The van der Waals surface area contributed by atoms with E-state index < -0.39 is 0 Å². The zero-order valence-electron chi connectivity index (χ0n) is 25.1. The van der Waals surface area contributed by atoms with Crippen molar-refractivity contribution in [3.63, 3.8) is 0 Å². The van der Waals surface area contributed by atoms with Gasteiger partial charge in [-0.15, -0.1) is 0 Å². The van der Waals surface area contributed by atoms with Gasteiger partial charge in [0.2, 0.25) is 11.8 Å². The highest BCUT2D eigenvalue weighted by Crippen LogP contribution is 2.47. The van der Waals surface area contributed by atoms with Gasteiger partial charge in [-0.05, 0) is 66.2 Å². The van der Waals surface area contributed by atoms with Crippen LogP contribution in [-0.2, 0) is 9.59 Å². The highest BCUT2D eigenvalue weighted by molar-refractivity contribution is 5.77. The van der Waals surface area contributed by atoms with E-state index in [1.165, 1.54) is 12.8 Å². The summed E-state index contributed by atoms with van der Waals surface area (Å²) in [7, 11) is 0. The van der Waals surface area contributed by atoms with E-state index in [2.05, 4.69) is 68.4 Å². The third-order valence-corrected chi connectivity index (χ3v) is 9.67. The first-order valence-corrected chi connectivity index (χ1v) is 15.9.